The molecule has 0 bridgehead atoms. The molecule has 0 N–H and O–H groups in total. The number of benzene rings is 2. The van der Waals surface area contributed by atoms with Gasteiger partial charge in [0.25, 0.3) is 5.91 Å². The quantitative estimate of drug-likeness (QED) is 0.480. The molecule has 0 radical (unpaired) electrons. The van der Waals surface area contributed by atoms with Crippen LogP contribution < -0.4 is 0 Å². The molecule has 5 rings (SSSR count). The SMILES string of the molecule is C=[N+]([C@@H]1[C@H](Cc2cccc(-c3cccc(F)c3)c2)N(C(=O)[C@H]2CCO2)CC12CC2)S(C)(=O)=O. The number of nitrogens with zero attached hydrogens (tertiary/aromatic N) is 2. The van der Waals surface area contributed by atoms with Crippen molar-refractivity contribution in [3.63, 3.8) is 0 Å². The van der Waals surface area contributed by atoms with Crippen molar-refractivity contribution >= 4 is 22.6 Å². The molecule has 0 unspecified atom stereocenters. The first kappa shape index (κ1) is 22.2. The minimum Gasteiger partial charge on any atom is -0.368 e. The molecule has 3 fully saturated rings. The number of carbonyl (C=O) groups excluding carboxylic acids is 1. The Labute approximate surface area is 193 Å². The number of sulfonamides is 1. The standard InChI is InChI=1S/C25H28FN2O4S/c1-27(33(2,30)31)23-21(28(16-25(23)10-11-25)24(29)22-9-12-32-22)14-17-5-3-6-18(13-17)19-7-4-8-20(26)15-19/h3-8,13,15,21-23H,1,9-12,14,16H2,2H3/q+1/t21-,22+,23+/m0/s1. The molecule has 0 aromatic heterocycles. The lowest BCUT2D eigenvalue weighted by Gasteiger charge is -2.33. The first-order chi connectivity index (χ1) is 15.7. The normalized spacial score (nSPS) is 25.6. The third kappa shape index (κ3) is 4.10. The maximum absolute atomic E-state index is 13.8. The molecule has 174 valence electrons. The smallest absolute Gasteiger partial charge is 0.361 e. The van der Waals surface area contributed by atoms with Gasteiger partial charge in [-0.15, -0.1) is 3.98 Å². The van der Waals surface area contributed by atoms with Gasteiger partial charge in [0.1, 0.15) is 18.6 Å². The predicted molar refractivity (Wildman–Crippen MR) is 123 cm³/mol. The molecule has 1 aliphatic carbocycles. The van der Waals surface area contributed by atoms with Gasteiger partial charge in [-0.2, -0.15) is 8.42 Å². The maximum Gasteiger partial charge on any atom is 0.361 e. The highest BCUT2D eigenvalue weighted by Gasteiger charge is 2.67. The Bertz CT molecular complexity index is 1220. The highest BCUT2D eigenvalue weighted by molar-refractivity contribution is 7.84. The molecule has 2 aromatic rings. The van der Waals surface area contributed by atoms with Gasteiger partial charge in [0, 0.05) is 13.0 Å². The van der Waals surface area contributed by atoms with E-state index >= 15 is 0 Å². The van der Waals surface area contributed by atoms with Gasteiger partial charge in [-0.05, 0) is 48.1 Å². The van der Waals surface area contributed by atoms with Gasteiger partial charge in [0.05, 0.1) is 24.3 Å². The number of hydrogen-bond donors (Lipinski definition) is 0. The van der Waals surface area contributed by atoms with Crippen molar-refractivity contribution < 1.29 is 26.3 Å². The molecule has 2 saturated heterocycles. The summed E-state index contributed by atoms with van der Waals surface area (Å²) in [5.74, 6) is -0.370. The van der Waals surface area contributed by atoms with Gasteiger partial charge in [-0.3, -0.25) is 4.79 Å². The zero-order valence-corrected chi connectivity index (χ0v) is 19.4. The Kier molecular flexibility index (Phi) is 5.40. The molecular weight excluding hydrogens is 443 g/mol. The summed E-state index contributed by atoms with van der Waals surface area (Å²) in [4.78, 5) is 15.1. The zero-order chi connectivity index (χ0) is 23.4. The van der Waals surface area contributed by atoms with Crippen LogP contribution in [0.15, 0.2) is 48.5 Å². The minimum atomic E-state index is -3.55. The largest absolute Gasteiger partial charge is 0.368 e. The van der Waals surface area contributed by atoms with Crippen LogP contribution in [-0.4, -0.2) is 67.5 Å². The summed E-state index contributed by atoms with van der Waals surface area (Å²) in [5, 5.41) is 0. The number of rotatable bonds is 6. The zero-order valence-electron chi connectivity index (χ0n) is 18.6. The summed E-state index contributed by atoms with van der Waals surface area (Å²) >= 11 is 0. The molecule has 1 spiro atoms. The van der Waals surface area contributed by atoms with E-state index in [2.05, 4.69) is 6.72 Å². The van der Waals surface area contributed by atoms with Gasteiger partial charge in [-0.1, -0.05) is 36.4 Å². The van der Waals surface area contributed by atoms with E-state index in [4.69, 9.17) is 4.74 Å². The number of halogens is 1. The number of amides is 1. The van der Waals surface area contributed by atoms with Crippen LogP contribution in [0.4, 0.5) is 4.39 Å². The Morgan fingerprint density at radius 2 is 1.88 bits per heavy atom. The molecule has 33 heavy (non-hydrogen) atoms. The van der Waals surface area contributed by atoms with Crippen LogP contribution in [0, 0.1) is 11.2 Å². The molecule has 3 atom stereocenters. The average Bonchev–Trinajstić information content (AvgIpc) is 3.42. The van der Waals surface area contributed by atoms with Crippen molar-refractivity contribution in [1.82, 2.24) is 4.90 Å². The van der Waals surface area contributed by atoms with Crippen LogP contribution in [0.2, 0.25) is 0 Å². The number of ether oxygens (including phenoxy) is 1. The molecular formula is C25H28FN2O4S+. The summed E-state index contributed by atoms with van der Waals surface area (Å²) in [5.41, 5.74) is 2.34. The van der Waals surface area contributed by atoms with E-state index < -0.39 is 22.2 Å². The van der Waals surface area contributed by atoms with Crippen molar-refractivity contribution in [3.8, 4) is 11.1 Å². The molecule has 1 amide bonds. The van der Waals surface area contributed by atoms with E-state index in [1.807, 2.05) is 35.2 Å². The molecule has 2 aromatic carbocycles. The number of likely N-dealkylation sites (tertiary alicyclic amines) is 1. The van der Waals surface area contributed by atoms with E-state index in [0.717, 1.165) is 35.8 Å². The minimum absolute atomic E-state index is 0.0665. The third-order valence-corrected chi connectivity index (χ3v) is 8.37. The van der Waals surface area contributed by atoms with E-state index in [-0.39, 0.29) is 23.2 Å². The molecule has 3 aliphatic rings. The third-order valence-electron chi connectivity index (χ3n) is 7.29. The Morgan fingerprint density at radius 1 is 1.21 bits per heavy atom. The molecule has 2 heterocycles. The van der Waals surface area contributed by atoms with E-state index in [0.29, 0.717) is 26.0 Å². The van der Waals surface area contributed by atoms with E-state index in [9.17, 15) is 17.6 Å². The highest BCUT2D eigenvalue weighted by Crippen LogP contribution is 2.57. The second-order valence-corrected chi connectivity index (χ2v) is 11.5. The maximum atomic E-state index is 13.8. The summed E-state index contributed by atoms with van der Waals surface area (Å²) in [7, 11) is -3.55. The van der Waals surface area contributed by atoms with E-state index in [1.165, 1.54) is 16.1 Å². The molecule has 8 heteroatoms. The summed E-state index contributed by atoms with van der Waals surface area (Å²) in [6.45, 7) is 4.99. The van der Waals surface area contributed by atoms with Crippen molar-refractivity contribution in [1.29, 1.82) is 0 Å². The molecule has 2 aliphatic heterocycles. The summed E-state index contributed by atoms with van der Waals surface area (Å²) < 4.78 is 45.4. The van der Waals surface area contributed by atoms with Crippen LogP contribution in [0.5, 0.6) is 0 Å². The fourth-order valence-corrected chi connectivity index (χ4v) is 6.09. The predicted octanol–water partition coefficient (Wildman–Crippen LogP) is 2.86. The van der Waals surface area contributed by atoms with Crippen LogP contribution in [-0.2, 0) is 26.0 Å². The average molecular weight is 472 g/mol. The van der Waals surface area contributed by atoms with Crippen LogP contribution in [0.25, 0.3) is 11.1 Å². The first-order valence-corrected chi connectivity index (χ1v) is 13.1. The lowest BCUT2D eigenvalue weighted by Crippen LogP contribution is -2.51. The first-order valence-electron chi connectivity index (χ1n) is 11.2. The fourth-order valence-electron chi connectivity index (χ4n) is 5.31. The van der Waals surface area contributed by atoms with Gasteiger partial charge in [0.15, 0.2) is 6.04 Å². The second-order valence-electron chi connectivity index (χ2n) is 9.55. The Hall–Kier alpha value is -2.58. The van der Waals surface area contributed by atoms with Gasteiger partial charge < -0.3 is 9.64 Å². The monoisotopic (exact) mass is 471 g/mol. The molecule has 1 saturated carbocycles. The molecule has 6 nitrogen and oxygen atoms in total. The fraction of sp³-hybridized carbons (Fsp3) is 0.440. The Morgan fingerprint density at radius 3 is 2.45 bits per heavy atom. The highest BCUT2D eigenvalue weighted by atomic mass is 32.2. The van der Waals surface area contributed by atoms with Gasteiger partial charge >= 0.3 is 10.0 Å². The van der Waals surface area contributed by atoms with Gasteiger partial charge in [-0.25, -0.2) is 4.39 Å². The van der Waals surface area contributed by atoms with Crippen molar-refractivity contribution in [2.45, 2.75) is 43.9 Å². The van der Waals surface area contributed by atoms with Crippen LogP contribution >= 0.6 is 0 Å². The second kappa shape index (κ2) is 8.02. The topological polar surface area (TPSA) is 66.7 Å². The van der Waals surface area contributed by atoms with Crippen LogP contribution in [0.1, 0.15) is 24.8 Å². The lowest BCUT2D eigenvalue weighted by molar-refractivity contribution is -0.422. The number of hydrogen-bond acceptors (Lipinski definition) is 4. The van der Waals surface area contributed by atoms with Crippen molar-refractivity contribution in [3.05, 3.63) is 59.9 Å². The van der Waals surface area contributed by atoms with Crippen molar-refractivity contribution in [2.75, 3.05) is 19.4 Å². The van der Waals surface area contributed by atoms with Crippen LogP contribution in [0.3, 0.4) is 0 Å². The summed E-state index contributed by atoms with van der Waals surface area (Å²) in [6.07, 6.45) is 3.63. The Balaban J connectivity index is 1.50. The van der Waals surface area contributed by atoms with Crippen molar-refractivity contribution in [2.24, 2.45) is 5.41 Å². The van der Waals surface area contributed by atoms with E-state index in [1.54, 1.807) is 6.07 Å². The lowest BCUT2D eigenvalue weighted by atomic mass is 9.91. The summed E-state index contributed by atoms with van der Waals surface area (Å²) in [6, 6.07) is 13.5. The van der Waals surface area contributed by atoms with Gasteiger partial charge in [0.2, 0.25) is 0 Å². The number of carbonyl (C=O) groups is 1.